The highest BCUT2D eigenvalue weighted by Gasteiger charge is 2.37. The second-order valence-electron chi connectivity index (χ2n) is 7.71. The zero-order valence-corrected chi connectivity index (χ0v) is 15.6. The van der Waals surface area contributed by atoms with Gasteiger partial charge in [0.25, 0.3) is 0 Å². The van der Waals surface area contributed by atoms with Crippen LogP contribution in [-0.2, 0) is 9.53 Å². The second kappa shape index (κ2) is 8.28. The summed E-state index contributed by atoms with van der Waals surface area (Å²) in [5.74, 6) is 1.30. The summed E-state index contributed by atoms with van der Waals surface area (Å²) in [5, 5.41) is 12.6. The number of hydrogen-bond acceptors (Lipinski definition) is 5. The maximum atomic E-state index is 12.8. The minimum Gasteiger partial charge on any atom is -0.490 e. The van der Waals surface area contributed by atoms with Gasteiger partial charge in [0.15, 0.2) is 0 Å². The Morgan fingerprint density at radius 1 is 1.22 bits per heavy atom. The number of benzene rings is 1. The fourth-order valence-corrected chi connectivity index (χ4v) is 4.35. The molecule has 0 bridgehead atoms. The molecule has 27 heavy (non-hydrogen) atoms. The maximum absolute atomic E-state index is 12.8. The number of nitriles is 1. The van der Waals surface area contributed by atoms with E-state index < -0.39 is 0 Å². The van der Waals surface area contributed by atoms with Crippen molar-refractivity contribution in [3.05, 3.63) is 29.8 Å². The number of carbonyl (C=O) groups excluding carboxylic acids is 1. The van der Waals surface area contributed by atoms with Gasteiger partial charge in [-0.05, 0) is 42.9 Å². The number of nitrogens with zero attached hydrogens (tertiary/aromatic N) is 2. The van der Waals surface area contributed by atoms with Crippen LogP contribution >= 0.6 is 0 Å². The number of nitrogens with one attached hydrogen (secondary N) is 1. The van der Waals surface area contributed by atoms with E-state index in [0.717, 1.165) is 57.6 Å². The summed E-state index contributed by atoms with van der Waals surface area (Å²) in [6, 6.07) is 10.1. The summed E-state index contributed by atoms with van der Waals surface area (Å²) in [6.45, 7) is 3.05. The number of likely N-dealkylation sites (tertiary alicyclic amines) is 1. The molecule has 1 aromatic carbocycles. The average molecular weight is 369 g/mol. The molecule has 0 saturated carbocycles. The summed E-state index contributed by atoms with van der Waals surface area (Å²) >= 11 is 0. The first-order valence-corrected chi connectivity index (χ1v) is 10.0. The van der Waals surface area contributed by atoms with E-state index in [1.54, 1.807) is 4.90 Å². The van der Waals surface area contributed by atoms with Crippen molar-refractivity contribution in [2.24, 2.45) is 0 Å². The van der Waals surface area contributed by atoms with Crippen molar-refractivity contribution in [2.45, 2.75) is 56.2 Å². The number of hydrogen-bond donors (Lipinski definition) is 1. The van der Waals surface area contributed by atoms with Crippen molar-refractivity contribution in [1.29, 1.82) is 5.26 Å². The molecule has 3 fully saturated rings. The van der Waals surface area contributed by atoms with Gasteiger partial charge in [0.2, 0.25) is 5.91 Å². The lowest BCUT2D eigenvalue weighted by Crippen LogP contribution is -2.45. The molecule has 3 saturated heterocycles. The quantitative estimate of drug-likeness (QED) is 0.881. The molecule has 6 nitrogen and oxygen atoms in total. The fourth-order valence-electron chi connectivity index (χ4n) is 4.35. The van der Waals surface area contributed by atoms with Gasteiger partial charge in [-0.2, -0.15) is 5.26 Å². The number of ether oxygens (including phenoxy) is 2. The van der Waals surface area contributed by atoms with E-state index in [0.29, 0.717) is 12.5 Å². The van der Waals surface area contributed by atoms with Gasteiger partial charge in [-0.25, -0.2) is 0 Å². The second-order valence-corrected chi connectivity index (χ2v) is 7.71. The van der Waals surface area contributed by atoms with E-state index >= 15 is 0 Å². The van der Waals surface area contributed by atoms with Crippen LogP contribution in [0.5, 0.6) is 5.75 Å². The molecule has 4 rings (SSSR count). The average Bonchev–Trinajstić information content (AvgIpc) is 3.38. The molecule has 144 valence electrons. The molecule has 3 aliphatic rings. The molecule has 3 heterocycles. The summed E-state index contributed by atoms with van der Waals surface area (Å²) in [6.07, 6.45) is 4.64. The maximum Gasteiger partial charge on any atom is 0.240 e. The van der Waals surface area contributed by atoms with Gasteiger partial charge in [-0.3, -0.25) is 4.79 Å². The Kier molecular flexibility index (Phi) is 5.61. The minimum absolute atomic E-state index is 0.0843. The summed E-state index contributed by atoms with van der Waals surface area (Å²) in [5.41, 5.74) is 1.23. The fraction of sp³-hybridized carbons (Fsp3) is 0.619. The van der Waals surface area contributed by atoms with E-state index in [1.165, 1.54) is 5.56 Å². The largest absolute Gasteiger partial charge is 0.490 e. The normalized spacial score (nSPS) is 28.9. The van der Waals surface area contributed by atoms with E-state index in [-0.39, 0.29) is 24.1 Å². The van der Waals surface area contributed by atoms with Crippen LogP contribution in [-0.4, -0.2) is 55.3 Å². The predicted molar refractivity (Wildman–Crippen MR) is 100 cm³/mol. The Balaban J connectivity index is 1.33. The Morgan fingerprint density at radius 3 is 2.74 bits per heavy atom. The molecule has 1 N–H and O–H groups in total. The lowest BCUT2D eigenvalue weighted by molar-refractivity contribution is -0.133. The van der Waals surface area contributed by atoms with Gasteiger partial charge in [-0.15, -0.1) is 0 Å². The van der Waals surface area contributed by atoms with Crippen LogP contribution < -0.4 is 10.1 Å². The number of amides is 1. The third kappa shape index (κ3) is 4.10. The highest BCUT2D eigenvalue weighted by atomic mass is 16.5. The van der Waals surface area contributed by atoms with Crippen molar-refractivity contribution < 1.29 is 14.3 Å². The van der Waals surface area contributed by atoms with Gasteiger partial charge < -0.3 is 19.7 Å². The Bertz CT molecular complexity index is 694. The molecule has 0 unspecified atom stereocenters. The van der Waals surface area contributed by atoms with Crippen molar-refractivity contribution >= 4 is 5.91 Å². The molecule has 0 radical (unpaired) electrons. The minimum atomic E-state index is -0.250. The van der Waals surface area contributed by atoms with Crippen LogP contribution in [0.1, 0.15) is 43.6 Å². The topological polar surface area (TPSA) is 74.6 Å². The molecule has 3 aliphatic heterocycles. The first-order chi connectivity index (χ1) is 13.2. The molecule has 0 aromatic heterocycles. The van der Waals surface area contributed by atoms with Crippen LogP contribution in [0.2, 0.25) is 0 Å². The third-order valence-electron chi connectivity index (χ3n) is 5.94. The van der Waals surface area contributed by atoms with Crippen molar-refractivity contribution in [3.63, 3.8) is 0 Å². The van der Waals surface area contributed by atoms with Crippen molar-refractivity contribution in [1.82, 2.24) is 10.2 Å². The molecule has 1 aromatic rings. The van der Waals surface area contributed by atoms with Gasteiger partial charge >= 0.3 is 0 Å². The van der Waals surface area contributed by atoms with Gasteiger partial charge in [0.1, 0.15) is 17.9 Å². The SMILES string of the molecule is N#C[C@@H]1CCCN1C(=O)[C@@H]1C[C@H](c2ccc(OC3CCOCC3)cc2)CN1. The summed E-state index contributed by atoms with van der Waals surface area (Å²) in [7, 11) is 0. The van der Waals surface area contributed by atoms with Crippen molar-refractivity contribution in [3.8, 4) is 11.8 Å². The lowest BCUT2D eigenvalue weighted by Gasteiger charge is -2.23. The Morgan fingerprint density at radius 2 is 2.00 bits per heavy atom. The zero-order chi connectivity index (χ0) is 18.6. The molecule has 3 atom stereocenters. The number of carbonyl (C=O) groups is 1. The highest BCUT2D eigenvalue weighted by molar-refractivity contribution is 5.83. The lowest BCUT2D eigenvalue weighted by atomic mass is 9.96. The van der Waals surface area contributed by atoms with Gasteiger partial charge in [0.05, 0.1) is 25.3 Å². The van der Waals surface area contributed by atoms with Crippen LogP contribution in [0.3, 0.4) is 0 Å². The monoisotopic (exact) mass is 369 g/mol. The molecule has 6 heteroatoms. The molecule has 0 spiro atoms. The highest BCUT2D eigenvalue weighted by Crippen LogP contribution is 2.30. The van der Waals surface area contributed by atoms with Crippen LogP contribution in [0.25, 0.3) is 0 Å². The molecule has 1 amide bonds. The van der Waals surface area contributed by atoms with E-state index in [2.05, 4.69) is 23.5 Å². The van der Waals surface area contributed by atoms with Gasteiger partial charge in [-0.1, -0.05) is 12.1 Å². The Hall–Kier alpha value is -2.10. The third-order valence-corrected chi connectivity index (χ3v) is 5.94. The molecular formula is C21H27N3O3. The summed E-state index contributed by atoms with van der Waals surface area (Å²) < 4.78 is 11.4. The Labute approximate surface area is 160 Å². The van der Waals surface area contributed by atoms with E-state index in [9.17, 15) is 10.1 Å². The van der Waals surface area contributed by atoms with Crippen LogP contribution in [0, 0.1) is 11.3 Å². The smallest absolute Gasteiger partial charge is 0.240 e. The van der Waals surface area contributed by atoms with Crippen LogP contribution in [0.15, 0.2) is 24.3 Å². The van der Waals surface area contributed by atoms with Crippen molar-refractivity contribution in [2.75, 3.05) is 26.3 Å². The van der Waals surface area contributed by atoms with Gasteiger partial charge in [0, 0.05) is 25.9 Å². The number of rotatable bonds is 4. The first kappa shape index (κ1) is 18.3. The molecule has 0 aliphatic carbocycles. The van der Waals surface area contributed by atoms with Crippen LogP contribution in [0.4, 0.5) is 0 Å². The van der Waals surface area contributed by atoms with E-state index in [1.807, 2.05) is 12.1 Å². The molecular weight excluding hydrogens is 342 g/mol. The predicted octanol–water partition coefficient (Wildman–Crippen LogP) is 2.20. The summed E-state index contributed by atoms with van der Waals surface area (Å²) in [4.78, 5) is 14.5. The zero-order valence-electron chi connectivity index (χ0n) is 15.6. The standard InChI is InChI=1S/C21H27N3O3/c22-13-17-2-1-9-24(17)21(25)20-12-16(14-23-20)15-3-5-18(6-4-15)27-19-7-10-26-11-8-19/h3-6,16-17,19-20,23H,1-2,7-12,14H2/t16-,17-,20-/m0/s1. The van der Waals surface area contributed by atoms with E-state index in [4.69, 9.17) is 9.47 Å². The first-order valence-electron chi connectivity index (χ1n) is 10.0.